The summed E-state index contributed by atoms with van der Waals surface area (Å²) in [6, 6.07) is 26.3. The molecule has 31 heavy (non-hydrogen) atoms. The summed E-state index contributed by atoms with van der Waals surface area (Å²) in [7, 11) is 0. The SMILES string of the molecule is CCC(C(=O)NCCCN(C(=O)c1ccc(Cl)cc1)c1ccccc1)c1ccccc1. The van der Waals surface area contributed by atoms with Crippen molar-refractivity contribution in [3.05, 3.63) is 101 Å². The smallest absolute Gasteiger partial charge is 0.258 e. The molecule has 0 aliphatic rings. The Labute approximate surface area is 188 Å². The van der Waals surface area contributed by atoms with Crippen molar-refractivity contribution in [2.75, 3.05) is 18.0 Å². The molecule has 0 aliphatic heterocycles. The number of para-hydroxylation sites is 1. The largest absolute Gasteiger partial charge is 0.356 e. The van der Waals surface area contributed by atoms with Crippen LogP contribution in [0.4, 0.5) is 5.69 Å². The fourth-order valence-electron chi connectivity index (χ4n) is 3.53. The van der Waals surface area contributed by atoms with Crippen molar-refractivity contribution < 1.29 is 9.59 Å². The van der Waals surface area contributed by atoms with Crippen LogP contribution >= 0.6 is 11.6 Å². The normalized spacial score (nSPS) is 11.5. The quantitative estimate of drug-likeness (QED) is 0.440. The lowest BCUT2D eigenvalue weighted by Crippen LogP contribution is -2.35. The summed E-state index contributed by atoms with van der Waals surface area (Å²) in [4.78, 5) is 27.5. The second-order valence-corrected chi connectivity index (χ2v) is 7.75. The van der Waals surface area contributed by atoms with E-state index >= 15 is 0 Å². The molecule has 1 N–H and O–H groups in total. The third-order valence-electron chi connectivity index (χ3n) is 5.19. The van der Waals surface area contributed by atoms with Gasteiger partial charge in [-0.05, 0) is 54.8 Å². The maximum absolute atomic E-state index is 13.1. The first kappa shape index (κ1) is 22.6. The highest BCUT2D eigenvalue weighted by Crippen LogP contribution is 2.20. The molecule has 1 unspecified atom stereocenters. The summed E-state index contributed by atoms with van der Waals surface area (Å²) in [6.07, 6.45) is 1.38. The van der Waals surface area contributed by atoms with Gasteiger partial charge in [-0.15, -0.1) is 0 Å². The zero-order valence-electron chi connectivity index (χ0n) is 17.6. The Morgan fingerprint density at radius 3 is 2.13 bits per heavy atom. The van der Waals surface area contributed by atoms with Gasteiger partial charge in [-0.1, -0.05) is 67.1 Å². The van der Waals surface area contributed by atoms with Crippen LogP contribution in [0.2, 0.25) is 5.02 Å². The maximum atomic E-state index is 13.1. The van der Waals surface area contributed by atoms with E-state index in [1.54, 1.807) is 29.2 Å². The predicted molar refractivity (Wildman–Crippen MR) is 127 cm³/mol. The van der Waals surface area contributed by atoms with E-state index in [1.165, 1.54) is 0 Å². The second kappa shape index (κ2) is 11.3. The Balaban J connectivity index is 1.62. The van der Waals surface area contributed by atoms with Crippen LogP contribution in [0.5, 0.6) is 0 Å². The Morgan fingerprint density at radius 1 is 0.903 bits per heavy atom. The summed E-state index contributed by atoms with van der Waals surface area (Å²) in [5, 5.41) is 3.62. The van der Waals surface area contributed by atoms with Crippen LogP contribution in [-0.4, -0.2) is 24.9 Å². The molecule has 0 aliphatic carbocycles. The number of amides is 2. The molecule has 0 aromatic heterocycles. The molecule has 0 radical (unpaired) electrons. The number of carbonyl (C=O) groups is 2. The van der Waals surface area contributed by atoms with E-state index in [2.05, 4.69) is 5.32 Å². The molecule has 0 saturated carbocycles. The Bertz CT molecular complexity index is 975. The fraction of sp³-hybridized carbons (Fsp3) is 0.231. The first-order chi connectivity index (χ1) is 15.1. The Morgan fingerprint density at radius 2 is 1.52 bits per heavy atom. The monoisotopic (exact) mass is 434 g/mol. The number of benzene rings is 3. The van der Waals surface area contributed by atoms with E-state index in [0.717, 1.165) is 17.7 Å². The molecule has 0 bridgehead atoms. The molecule has 3 aromatic rings. The number of anilines is 1. The van der Waals surface area contributed by atoms with Crippen LogP contribution in [0.1, 0.15) is 41.6 Å². The zero-order chi connectivity index (χ0) is 22.1. The minimum atomic E-state index is -0.165. The van der Waals surface area contributed by atoms with E-state index in [1.807, 2.05) is 67.6 Å². The van der Waals surface area contributed by atoms with Gasteiger partial charge in [0.2, 0.25) is 5.91 Å². The van der Waals surface area contributed by atoms with Crippen molar-refractivity contribution in [3.8, 4) is 0 Å². The number of hydrogen-bond acceptors (Lipinski definition) is 2. The molecule has 4 nitrogen and oxygen atoms in total. The molecule has 3 rings (SSSR count). The van der Waals surface area contributed by atoms with Crippen molar-refractivity contribution in [2.24, 2.45) is 0 Å². The molecule has 1 atom stereocenters. The molecular weight excluding hydrogens is 408 g/mol. The van der Waals surface area contributed by atoms with E-state index in [9.17, 15) is 9.59 Å². The summed E-state index contributed by atoms with van der Waals surface area (Å²) in [5.74, 6) is -0.240. The maximum Gasteiger partial charge on any atom is 0.258 e. The summed E-state index contributed by atoms with van der Waals surface area (Å²) in [5.41, 5.74) is 2.42. The highest BCUT2D eigenvalue weighted by atomic mass is 35.5. The molecule has 3 aromatic carbocycles. The van der Waals surface area contributed by atoms with Crippen LogP contribution in [-0.2, 0) is 4.79 Å². The van der Waals surface area contributed by atoms with Gasteiger partial charge in [-0.2, -0.15) is 0 Å². The lowest BCUT2D eigenvalue weighted by Gasteiger charge is -2.23. The van der Waals surface area contributed by atoms with Crippen molar-refractivity contribution in [1.82, 2.24) is 5.32 Å². The minimum absolute atomic E-state index is 0.0176. The van der Waals surface area contributed by atoms with Gasteiger partial charge in [0.15, 0.2) is 0 Å². The van der Waals surface area contributed by atoms with Crippen LogP contribution in [0.25, 0.3) is 0 Å². The zero-order valence-corrected chi connectivity index (χ0v) is 18.4. The van der Waals surface area contributed by atoms with Gasteiger partial charge in [0, 0.05) is 29.4 Å². The number of halogens is 1. The predicted octanol–water partition coefficient (Wildman–Crippen LogP) is 5.69. The number of hydrogen-bond donors (Lipinski definition) is 1. The van der Waals surface area contributed by atoms with Gasteiger partial charge in [0.25, 0.3) is 5.91 Å². The van der Waals surface area contributed by atoms with Crippen molar-refractivity contribution >= 4 is 29.1 Å². The average molecular weight is 435 g/mol. The van der Waals surface area contributed by atoms with Gasteiger partial charge in [0.05, 0.1) is 5.92 Å². The first-order valence-electron chi connectivity index (χ1n) is 10.5. The molecular formula is C26H27ClN2O2. The standard InChI is InChI=1S/C26H27ClN2O2/c1-2-24(20-10-5-3-6-11-20)25(30)28-18-9-19-29(23-12-7-4-8-13-23)26(31)21-14-16-22(27)17-15-21/h3-8,10-17,24H,2,9,18-19H2,1H3,(H,28,30). The Hall–Kier alpha value is -3.11. The lowest BCUT2D eigenvalue weighted by atomic mass is 9.96. The van der Waals surface area contributed by atoms with Crippen molar-refractivity contribution in [2.45, 2.75) is 25.7 Å². The summed E-state index contributed by atoms with van der Waals surface area (Å²) in [6.45, 7) is 3.01. The van der Waals surface area contributed by atoms with Gasteiger partial charge in [0.1, 0.15) is 0 Å². The van der Waals surface area contributed by atoms with Crippen LogP contribution in [0, 0.1) is 0 Å². The topological polar surface area (TPSA) is 49.4 Å². The minimum Gasteiger partial charge on any atom is -0.356 e. The van der Waals surface area contributed by atoms with Crippen LogP contribution < -0.4 is 10.2 Å². The van der Waals surface area contributed by atoms with E-state index in [0.29, 0.717) is 30.1 Å². The third-order valence-corrected chi connectivity index (χ3v) is 5.44. The second-order valence-electron chi connectivity index (χ2n) is 7.32. The molecule has 0 saturated heterocycles. The van der Waals surface area contributed by atoms with E-state index in [-0.39, 0.29) is 17.7 Å². The van der Waals surface area contributed by atoms with Gasteiger partial charge >= 0.3 is 0 Å². The summed E-state index contributed by atoms with van der Waals surface area (Å²) >= 11 is 5.96. The molecule has 160 valence electrons. The van der Waals surface area contributed by atoms with Crippen LogP contribution in [0.3, 0.4) is 0 Å². The fourth-order valence-corrected chi connectivity index (χ4v) is 3.66. The molecule has 5 heteroatoms. The number of nitrogens with one attached hydrogen (secondary N) is 1. The molecule has 0 fully saturated rings. The van der Waals surface area contributed by atoms with Crippen LogP contribution in [0.15, 0.2) is 84.9 Å². The average Bonchev–Trinajstić information content (AvgIpc) is 2.81. The number of nitrogens with zero attached hydrogens (tertiary/aromatic N) is 1. The summed E-state index contributed by atoms with van der Waals surface area (Å²) < 4.78 is 0. The van der Waals surface area contributed by atoms with Gasteiger partial charge < -0.3 is 10.2 Å². The van der Waals surface area contributed by atoms with Crippen molar-refractivity contribution in [3.63, 3.8) is 0 Å². The number of carbonyl (C=O) groups excluding carboxylic acids is 2. The van der Waals surface area contributed by atoms with Crippen molar-refractivity contribution in [1.29, 1.82) is 0 Å². The van der Waals surface area contributed by atoms with Gasteiger partial charge in [-0.3, -0.25) is 9.59 Å². The first-order valence-corrected chi connectivity index (χ1v) is 10.9. The van der Waals surface area contributed by atoms with Gasteiger partial charge in [-0.25, -0.2) is 0 Å². The molecule has 0 spiro atoms. The highest BCUT2D eigenvalue weighted by molar-refractivity contribution is 6.30. The third kappa shape index (κ3) is 6.19. The lowest BCUT2D eigenvalue weighted by molar-refractivity contribution is -0.122. The highest BCUT2D eigenvalue weighted by Gasteiger charge is 2.19. The molecule has 0 heterocycles. The Kier molecular flexibility index (Phi) is 8.25. The molecule has 2 amide bonds. The van der Waals surface area contributed by atoms with E-state index < -0.39 is 0 Å². The number of rotatable bonds is 9. The van der Waals surface area contributed by atoms with E-state index in [4.69, 9.17) is 11.6 Å².